The Morgan fingerprint density at radius 3 is 2.67 bits per heavy atom. The monoisotopic (exact) mass is 576 g/mol. The summed E-state index contributed by atoms with van der Waals surface area (Å²) in [7, 11) is 0. The third-order valence-corrected chi connectivity index (χ3v) is 7.10. The molecule has 0 radical (unpaired) electrons. The van der Waals surface area contributed by atoms with Crippen molar-refractivity contribution in [1.29, 1.82) is 0 Å². The van der Waals surface area contributed by atoms with Gasteiger partial charge in [-0.2, -0.15) is 0 Å². The van der Waals surface area contributed by atoms with Gasteiger partial charge in [0.15, 0.2) is 0 Å². The topological polar surface area (TPSA) is 119 Å². The largest absolute Gasteiger partial charge is 0.464 e. The Balaban J connectivity index is 1.39. The smallest absolute Gasteiger partial charge is 0.332 e. The van der Waals surface area contributed by atoms with Crippen molar-refractivity contribution in [2.75, 3.05) is 38.2 Å². The highest BCUT2D eigenvalue weighted by molar-refractivity contribution is 7.18. The SMILES string of the molecule is CCOC(=O)CO[C@H]1CN(CC(=O)Nc2ccc(-n3ccccc3=O)cc2F)C[C@@H]1NC(=O)c1ccc(Cl)s1. The summed E-state index contributed by atoms with van der Waals surface area (Å²) in [5, 5.41) is 5.42. The quantitative estimate of drug-likeness (QED) is 0.356. The molecule has 3 aromatic rings. The summed E-state index contributed by atoms with van der Waals surface area (Å²) in [4.78, 5) is 51.4. The highest BCUT2D eigenvalue weighted by Gasteiger charge is 2.36. The number of ether oxygens (including phenoxy) is 2. The number of carbonyl (C=O) groups is 3. The van der Waals surface area contributed by atoms with Crippen LogP contribution in [-0.2, 0) is 19.1 Å². The summed E-state index contributed by atoms with van der Waals surface area (Å²) in [6.07, 6.45) is 0.924. The number of nitrogens with zero attached hydrogens (tertiary/aromatic N) is 2. The lowest BCUT2D eigenvalue weighted by Crippen LogP contribution is -2.44. The van der Waals surface area contributed by atoms with Crippen molar-refractivity contribution in [2.45, 2.75) is 19.1 Å². The van der Waals surface area contributed by atoms with Gasteiger partial charge in [0.25, 0.3) is 11.5 Å². The van der Waals surface area contributed by atoms with Crippen LogP contribution in [-0.4, -0.2) is 72.2 Å². The Morgan fingerprint density at radius 1 is 1.15 bits per heavy atom. The number of hydrogen-bond donors (Lipinski definition) is 2. The fourth-order valence-electron chi connectivity index (χ4n) is 4.13. The molecule has 0 unspecified atom stereocenters. The van der Waals surface area contributed by atoms with Crippen LogP contribution < -0.4 is 16.2 Å². The van der Waals surface area contributed by atoms with Gasteiger partial charge in [-0.15, -0.1) is 11.3 Å². The number of pyridine rings is 1. The first kappa shape index (κ1) is 28.4. The second-order valence-corrected chi connectivity index (χ2v) is 10.4. The maximum absolute atomic E-state index is 14.7. The molecule has 2 amide bonds. The zero-order valence-electron chi connectivity index (χ0n) is 20.9. The molecule has 0 aliphatic carbocycles. The second-order valence-electron chi connectivity index (χ2n) is 8.65. The molecule has 4 rings (SSSR count). The lowest BCUT2D eigenvalue weighted by Gasteiger charge is -2.19. The minimum atomic E-state index is -0.701. The van der Waals surface area contributed by atoms with Gasteiger partial charge in [0.1, 0.15) is 12.4 Å². The van der Waals surface area contributed by atoms with E-state index >= 15 is 0 Å². The Labute approximate surface area is 232 Å². The number of halogens is 2. The van der Waals surface area contributed by atoms with E-state index in [4.69, 9.17) is 21.1 Å². The van der Waals surface area contributed by atoms with Crippen molar-refractivity contribution in [2.24, 2.45) is 0 Å². The minimum Gasteiger partial charge on any atom is -0.464 e. The Bertz CT molecular complexity index is 1410. The van der Waals surface area contributed by atoms with Crippen molar-refractivity contribution in [3.63, 3.8) is 0 Å². The molecule has 2 N–H and O–H groups in total. The molecular formula is C26H26ClFN4O6S. The first-order valence-corrected chi connectivity index (χ1v) is 13.3. The van der Waals surface area contributed by atoms with E-state index in [2.05, 4.69) is 10.6 Å². The number of benzene rings is 1. The number of hydrogen-bond acceptors (Lipinski definition) is 8. The van der Waals surface area contributed by atoms with Crippen molar-refractivity contribution < 1.29 is 28.2 Å². The van der Waals surface area contributed by atoms with Gasteiger partial charge in [-0.25, -0.2) is 9.18 Å². The molecule has 0 saturated carbocycles. The molecule has 0 spiro atoms. The standard InChI is InChI=1S/C26H26ClFN4O6S/c1-2-37-25(35)15-38-20-13-31(12-19(20)30-26(36)21-8-9-22(27)39-21)14-23(33)29-18-7-6-16(11-17(18)28)32-10-4-3-5-24(32)34/h3-11,19-20H,2,12-15H2,1H3,(H,29,33)(H,30,36)/t19-,20-/m0/s1. The van der Waals surface area contributed by atoms with Crippen molar-refractivity contribution in [1.82, 2.24) is 14.8 Å². The molecule has 1 fully saturated rings. The summed E-state index contributed by atoms with van der Waals surface area (Å²) in [5.74, 6) is -2.08. The third-order valence-electron chi connectivity index (χ3n) is 5.87. The van der Waals surface area contributed by atoms with Crippen molar-refractivity contribution >= 4 is 46.4 Å². The van der Waals surface area contributed by atoms with Crippen LogP contribution in [0.1, 0.15) is 16.6 Å². The van der Waals surface area contributed by atoms with Gasteiger partial charge in [-0.1, -0.05) is 17.7 Å². The molecule has 1 aliphatic heterocycles. The summed E-state index contributed by atoms with van der Waals surface area (Å²) in [5.41, 5.74) is -0.0319. The van der Waals surface area contributed by atoms with Crippen LogP contribution in [0.2, 0.25) is 4.34 Å². The number of thiophene rings is 1. The third kappa shape index (κ3) is 7.51. The van der Waals surface area contributed by atoms with E-state index in [1.807, 2.05) is 0 Å². The lowest BCUT2D eigenvalue weighted by molar-refractivity contribution is -0.150. The van der Waals surface area contributed by atoms with Crippen LogP contribution in [0.15, 0.2) is 59.5 Å². The Morgan fingerprint density at radius 2 is 1.97 bits per heavy atom. The van der Waals surface area contributed by atoms with Gasteiger partial charge in [0, 0.05) is 31.4 Å². The van der Waals surface area contributed by atoms with Crippen LogP contribution in [0.5, 0.6) is 0 Å². The van der Waals surface area contributed by atoms with Crippen LogP contribution in [0.4, 0.5) is 10.1 Å². The first-order valence-electron chi connectivity index (χ1n) is 12.1. The van der Waals surface area contributed by atoms with E-state index in [1.165, 1.54) is 29.0 Å². The molecule has 2 aromatic heterocycles. The minimum absolute atomic E-state index is 0.0403. The average molecular weight is 577 g/mol. The first-order chi connectivity index (χ1) is 18.7. The molecule has 39 heavy (non-hydrogen) atoms. The highest BCUT2D eigenvalue weighted by Crippen LogP contribution is 2.23. The van der Waals surface area contributed by atoms with Gasteiger partial charge in [0.05, 0.1) is 45.9 Å². The molecule has 1 saturated heterocycles. The van der Waals surface area contributed by atoms with Gasteiger partial charge >= 0.3 is 5.97 Å². The predicted molar refractivity (Wildman–Crippen MR) is 144 cm³/mol. The zero-order valence-corrected chi connectivity index (χ0v) is 22.5. The summed E-state index contributed by atoms with van der Waals surface area (Å²) in [6.45, 7) is 1.96. The highest BCUT2D eigenvalue weighted by atomic mass is 35.5. The second kappa shape index (κ2) is 13.0. The van der Waals surface area contributed by atoms with E-state index in [0.29, 0.717) is 14.9 Å². The van der Waals surface area contributed by atoms with Gasteiger partial charge < -0.3 is 20.1 Å². The van der Waals surface area contributed by atoms with Gasteiger partial charge in [-0.3, -0.25) is 23.9 Å². The molecule has 13 heteroatoms. The number of carbonyl (C=O) groups excluding carboxylic acids is 3. The number of anilines is 1. The normalized spacial score (nSPS) is 17.1. The van der Waals surface area contributed by atoms with Crippen LogP contribution in [0, 0.1) is 5.82 Å². The summed E-state index contributed by atoms with van der Waals surface area (Å²) < 4.78 is 27.1. The maximum atomic E-state index is 14.7. The van der Waals surface area contributed by atoms with E-state index in [9.17, 15) is 23.6 Å². The fraction of sp³-hybridized carbons (Fsp3) is 0.308. The number of likely N-dealkylation sites (tertiary alicyclic amines) is 1. The molecular weight excluding hydrogens is 551 g/mol. The predicted octanol–water partition coefficient (Wildman–Crippen LogP) is 2.69. The molecule has 3 heterocycles. The molecule has 1 aliphatic rings. The molecule has 1 aromatic carbocycles. The summed E-state index contributed by atoms with van der Waals surface area (Å²) in [6, 6.07) is 11.4. The Kier molecular flexibility index (Phi) is 9.46. The van der Waals surface area contributed by atoms with Crippen LogP contribution in [0.3, 0.4) is 0 Å². The number of rotatable bonds is 10. The number of esters is 1. The molecule has 206 valence electrons. The van der Waals surface area contributed by atoms with E-state index in [0.717, 1.165) is 17.4 Å². The number of nitrogens with one attached hydrogen (secondary N) is 2. The molecule has 10 nitrogen and oxygen atoms in total. The summed E-state index contributed by atoms with van der Waals surface area (Å²) >= 11 is 7.06. The fourth-order valence-corrected chi connectivity index (χ4v) is 5.08. The van der Waals surface area contributed by atoms with E-state index in [-0.39, 0.29) is 50.0 Å². The van der Waals surface area contributed by atoms with Crippen LogP contribution >= 0.6 is 22.9 Å². The van der Waals surface area contributed by atoms with E-state index in [1.54, 1.807) is 36.1 Å². The maximum Gasteiger partial charge on any atom is 0.332 e. The van der Waals surface area contributed by atoms with Crippen LogP contribution in [0.25, 0.3) is 5.69 Å². The number of aromatic nitrogens is 1. The number of amides is 2. The zero-order chi connectivity index (χ0) is 27.9. The van der Waals surface area contributed by atoms with Crippen molar-refractivity contribution in [3.05, 3.63) is 80.1 Å². The molecule has 2 atom stereocenters. The van der Waals surface area contributed by atoms with Crippen molar-refractivity contribution in [3.8, 4) is 5.69 Å². The molecule has 0 bridgehead atoms. The Hall–Kier alpha value is -3.58. The van der Waals surface area contributed by atoms with E-state index < -0.39 is 29.8 Å². The average Bonchev–Trinajstić information content (AvgIpc) is 3.50. The van der Waals surface area contributed by atoms with Gasteiger partial charge in [0.2, 0.25) is 5.91 Å². The van der Waals surface area contributed by atoms with Gasteiger partial charge in [-0.05, 0) is 37.3 Å². The lowest BCUT2D eigenvalue weighted by atomic mass is 10.2.